The minimum Gasteiger partial charge on any atom is -0.394 e. The first-order valence-electron chi connectivity index (χ1n) is 11.9. The van der Waals surface area contributed by atoms with Gasteiger partial charge >= 0.3 is 0 Å². The smallest absolute Gasteiger partial charge is 0.254 e. The van der Waals surface area contributed by atoms with Gasteiger partial charge in [0.15, 0.2) is 0 Å². The maximum atomic E-state index is 13.1. The molecule has 1 aromatic heterocycles. The van der Waals surface area contributed by atoms with E-state index < -0.39 is 6.04 Å². The SMILES string of the molecule is Cc1cccc([C@@H](CO)NC(=O)CN2Cc3ccc(-c4nc(CC5COC5)ncc4Cl)cc3C2=O)c1. The van der Waals surface area contributed by atoms with Crippen molar-refractivity contribution in [3.8, 4) is 11.3 Å². The number of carbonyl (C=O) groups excluding carboxylic acids is 2. The number of rotatable bonds is 8. The molecule has 36 heavy (non-hydrogen) atoms. The van der Waals surface area contributed by atoms with Crippen LogP contribution in [-0.4, -0.2) is 58.2 Å². The Morgan fingerprint density at radius 1 is 1.28 bits per heavy atom. The predicted molar refractivity (Wildman–Crippen MR) is 134 cm³/mol. The molecule has 0 unspecified atom stereocenters. The minimum absolute atomic E-state index is 0.104. The third kappa shape index (κ3) is 5.11. The Kier molecular flexibility index (Phi) is 7.00. The molecule has 0 spiro atoms. The second kappa shape index (κ2) is 10.3. The highest BCUT2D eigenvalue weighted by Crippen LogP contribution is 2.31. The third-order valence-corrected chi connectivity index (χ3v) is 6.81. The van der Waals surface area contributed by atoms with E-state index in [-0.39, 0.29) is 25.0 Å². The quantitative estimate of drug-likeness (QED) is 0.486. The van der Waals surface area contributed by atoms with Gasteiger partial charge in [-0.1, -0.05) is 53.6 Å². The molecular weight excluding hydrogens is 480 g/mol. The number of hydrogen-bond donors (Lipinski definition) is 2. The topological polar surface area (TPSA) is 105 Å². The van der Waals surface area contributed by atoms with Crippen molar-refractivity contribution in [3.63, 3.8) is 0 Å². The van der Waals surface area contributed by atoms with Crippen LogP contribution in [0.25, 0.3) is 11.3 Å². The number of nitrogens with one attached hydrogen (secondary N) is 1. The van der Waals surface area contributed by atoms with Gasteiger partial charge in [0.1, 0.15) is 12.4 Å². The van der Waals surface area contributed by atoms with Crippen LogP contribution in [0.5, 0.6) is 0 Å². The summed E-state index contributed by atoms with van der Waals surface area (Å²) < 4.78 is 5.24. The summed E-state index contributed by atoms with van der Waals surface area (Å²) in [7, 11) is 0. The number of benzene rings is 2. The highest BCUT2D eigenvalue weighted by Gasteiger charge is 2.30. The van der Waals surface area contributed by atoms with Crippen molar-refractivity contribution in [1.82, 2.24) is 20.2 Å². The van der Waals surface area contributed by atoms with Crippen molar-refractivity contribution in [3.05, 3.63) is 81.8 Å². The Morgan fingerprint density at radius 3 is 2.83 bits per heavy atom. The normalized spacial score (nSPS) is 16.0. The molecule has 2 aromatic carbocycles. The summed E-state index contributed by atoms with van der Waals surface area (Å²) in [6.07, 6.45) is 2.31. The van der Waals surface area contributed by atoms with Gasteiger partial charge in [-0.2, -0.15) is 0 Å². The van der Waals surface area contributed by atoms with E-state index in [9.17, 15) is 14.7 Å². The van der Waals surface area contributed by atoms with Crippen molar-refractivity contribution in [2.24, 2.45) is 5.92 Å². The number of hydrogen-bond acceptors (Lipinski definition) is 6. The fraction of sp³-hybridized carbons (Fsp3) is 0.333. The zero-order valence-corrected chi connectivity index (χ0v) is 20.7. The number of nitrogens with zero attached hydrogens (tertiary/aromatic N) is 3. The molecule has 1 atom stereocenters. The number of aryl methyl sites for hydroxylation is 1. The van der Waals surface area contributed by atoms with Gasteiger partial charge in [0.05, 0.1) is 36.6 Å². The van der Waals surface area contributed by atoms with Gasteiger partial charge in [0.2, 0.25) is 5.91 Å². The summed E-state index contributed by atoms with van der Waals surface area (Å²) in [6, 6.07) is 12.6. The molecule has 186 valence electrons. The van der Waals surface area contributed by atoms with E-state index in [4.69, 9.17) is 16.3 Å². The molecule has 2 aliphatic rings. The molecule has 0 aliphatic carbocycles. The van der Waals surface area contributed by atoms with E-state index in [1.165, 1.54) is 4.90 Å². The van der Waals surface area contributed by atoms with Gasteiger partial charge < -0.3 is 20.1 Å². The van der Waals surface area contributed by atoms with Crippen LogP contribution in [0.1, 0.15) is 38.9 Å². The van der Waals surface area contributed by atoms with Gasteiger partial charge in [-0.15, -0.1) is 0 Å². The molecule has 1 fully saturated rings. The maximum Gasteiger partial charge on any atom is 0.254 e. The van der Waals surface area contributed by atoms with Crippen molar-refractivity contribution >= 4 is 23.4 Å². The van der Waals surface area contributed by atoms with E-state index in [0.29, 0.717) is 54.2 Å². The molecule has 3 aromatic rings. The van der Waals surface area contributed by atoms with Crippen LogP contribution >= 0.6 is 11.6 Å². The number of carbonyl (C=O) groups is 2. The van der Waals surface area contributed by atoms with Crippen LogP contribution in [0, 0.1) is 12.8 Å². The van der Waals surface area contributed by atoms with Crippen LogP contribution in [0.2, 0.25) is 5.02 Å². The molecule has 8 nitrogen and oxygen atoms in total. The molecule has 2 aliphatic heterocycles. The number of halogens is 1. The van der Waals surface area contributed by atoms with Crippen LogP contribution in [0.4, 0.5) is 0 Å². The van der Waals surface area contributed by atoms with Gasteiger partial charge in [-0.3, -0.25) is 9.59 Å². The first kappa shape index (κ1) is 24.4. The molecule has 9 heteroatoms. The average Bonchev–Trinajstić information content (AvgIpc) is 3.15. The molecule has 5 rings (SSSR count). The summed E-state index contributed by atoms with van der Waals surface area (Å²) in [5.74, 6) is 0.548. The third-order valence-electron chi connectivity index (χ3n) is 6.53. The van der Waals surface area contributed by atoms with E-state index in [1.54, 1.807) is 12.3 Å². The first-order valence-corrected chi connectivity index (χ1v) is 12.3. The standard InChI is InChI=1S/C27H27ClN4O4/c1-16-3-2-4-18(7-16)23(13-33)30-25(34)12-32-11-20-6-5-19(9-21(20)27(32)35)26-22(28)10-29-24(31-26)8-17-14-36-15-17/h2-7,9-10,17,23,33H,8,11-15H2,1H3,(H,30,34)/t23-/m1/s1. The first-order chi connectivity index (χ1) is 17.4. The van der Waals surface area contributed by atoms with Gasteiger partial charge in [0.25, 0.3) is 5.91 Å². The number of aliphatic hydroxyl groups excluding tert-OH is 1. The summed E-state index contributed by atoms with van der Waals surface area (Å²) in [5, 5.41) is 13.0. The van der Waals surface area contributed by atoms with Crippen LogP contribution in [0.3, 0.4) is 0 Å². The number of amides is 2. The predicted octanol–water partition coefficient (Wildman–Crippen LogP) is 3.10. The molecule has 3 heterocycles. The Hall–Kier alpha value is -3.33. The molecule has 0 saturated carbocycles. The Morgan fingerprint density at radius 2 is 2.11 bits per heavy atom. The monoisotopic (exact) mass is 506 g/mol. The van der Waals surface area contributed by atoms with Crippen molar-refractivity contribution in [1.29, 1.82) is 0 Å². The summed E-state index contributed by atoms with van der Waals surface area (Å²) in [4.78, 5) is 36.4. The fourth-order valence-corrected chi connectivity index (χ4v) is 4.74. The number of aliphatic hydroxyl groups is 1. The molecule has 2 N–H and O–H groups in total. The number of ether oxygens (including phenoxy) is 1. The Labute approximate surface area is 214 Å². The highest BCUT2D eigenvalue weighted by molar-refractivity contribution is 6.32. The van der Waals surface area contributed by atoms with E-state index in [2.05, 4.69) is 15.3 Å². The van der Waals surface area contributed by atoms with E-state index in [0.717, 1.165) is 22.3 Å². The lowest BCUT2D eigenvalue weighted by molar-refractivity contribution is -0.122. The lowest BCUT2D eigenvalue weighted by Gasteiger charge is -2.25. The van der Waals surface area contributed by atoms with E-state index >= 15 is 0 Å². The molecule has 1 saturated heterocycles. The maximum absolute atomic E-state index is 13.1. The molecule has 0 radical (unpaired) electrons. The van der Waals surface area contributed by atoms with E-state index in [1.807, 2.05) is 43.3 Å². The summed E-state index contributed by atoms with van der Waals surface area (Å²) >= 11 is 6.40. The molecule has 0 bridgehead atoms. The lowest BCUT2D eigenvalue weighted by atomic mass is 10.0. The van der Waals surface area contributed by atoms with Gasteiger partial charge in [-0.25, -0.2) is 9.97 Å². The Bertz CT molecular complexity index is 1310. The largest absolute Gasteiger partial charge is 0.394 e. The average molecular weight is 507 g/mol. The molecule has 2 amide bonds. The minimum atomic E-state index is -0.537. The molecular formula is C27H27ClN4O4. The second-order valence-electron chi connectivity index (χ2n) is 9.34. The van der Waals surface area contributed by atoms with Crippen molar-refractivity contribution < 1.29 is 19.4 Å². The van der Waals surface area contributed by atoms with Gasteiger partial charge in [-0.05, 0) is 24.1 Å². The van der Waals surface area contributed by atoms with Crippen LogP contribution < -0.4 is 5.32 Å². The number of aromatic nitrogens is 2. The van der Waals surface area contributed by atoms with Crippen LogP contribution in [0.15, 0.2) is 48.7 Å². The van der Waals surface area contributed by atoms with Crippen molar-refractivity contribution in [2.45, 2.75) is 25.9 Å². The second-order valence-corrected chi connectivity index (χ2v) is 9.75. The lowest BCUT2D eigenvalue weighted by Crippen LogP contribution is -2.40. The fourth-order valence-electron chi connectivity index (χ4n) is 4.54. The zero-order valence-electron chi connectivity index (χ0n) is 19.9. The summed E-state index contributed by atoms with van der Waals surface area (Å²) in [5.41, 5.74) is 4.53. The van der Waals surface area contributed by atoms with Crippen LogP contribution in [-0.2, 0) is 22.5 Å². The number of fused-ring (bicyclic) bond motifs is 1. The highest BCUT2D eigenvalue weighted by atomic mass is 35.5. The summed E-state index contributed by atoms with van der Waals surface area (Å²) in [6.45, 7) is 3.37. The van der Waals surface area contributed by atoms with Crippen molar-refractivity contribution in [2.75, 3.05) is 26.4 Å². The van der Waals surface area contributed by atoms with Gasteiger partial charge in [0, 0.05) is 36.2 Å². The zero-order chi connectivity index (χ0) is 25.2. The Balaban J connectivity index is 1.28.